The fourth-order valence-electron chi connectivity index (χ4n) is 1.42. The van der Waals surface area contributed by atoms with Crippen molar-refractivity contribution < 1.29 is 17.2 Å². The van der Waals surface area contributed by atoms with Gasteiger partial charge in [-0.2, -0.15) is 0 Å². The Bertz CT molecular complexity index is 780. The number of sulfonamides is 1. The number of nitrogens with one attached hydrogen (secondary N) is 2. The van der Waals surface area contributed by atoms with Crippen molar-refractivity contribution in [2.24, 2.45) is 0 Å². The van der Waals surface area contributed by atoms with Crippen molar-refractivity contribution in [3.63, 3.8) is 0 Å². The summed E-state index contributed by atoms with van der Waals surface area (Å²) < 4.78 is 51.9. The van der Waals surface area contributed by atoms with Gasteiger partial charge in [0.1, 0.15) is 0 Å². The minimum Gasteiger partial charge on any atom is -0.315 e. The average molecular weight is 306 g/mol. The molecule has 2 N–H and O–H groups in total. The molecule has 9 heteroatoms. The zero-order valence-corrected chi connectivity index (χ0v) is 11.2. The highest BCUT2D eigenvalue weighted by Gasteiger charge is 2.22. The molecule has 0 radical (unpaired) electrons. The van der Waals surface area contributed by atoms with Gasteiger partial charge in [0.15, 0.2) is 15.8 Å². The lowest BCUT2D eigenvalue weighted by Gasteiger charge is -2.07. The van der Waals surface area contributed by atoms with Crippen molar-refractivity contribution in [2.75, 3.05) is 4.72 Å². The zero-order chi connectivity index (χ0) is 14.2. The van der Waals surface area contributed by atoms with Crippen LogP contribution in [0.2, 0.25) is 0 Å². The van der Waals surface area contributed by atoms with E-state index in [0.717, 1.165) is 12.1 Å². The van der Waals surface area contributed by atoms with Crippen molar-refractivity contribution >= 4 is 27.0 Å². The lowest BCUT2D eigenvalue weighted by molar-refractivity contribution is 0.511. The summed E-state index contributed by atoms with van der Waals surface area (Å²) in [5, 5.41) is 0. The third kappa shape index (κ3) is 2.66. The maximum atomic E-state index is 13.4. The van der Waals surface area contributed by atoms with E-state index in [9.17, 15) is 22.0 Å². The van der Waals surface area contributed by atoms with Gasteiger partial charge in [-0.15, -0.1) is 0 Å². The Morgan fingerprint density at radius 1 is 1.32 bits per heavy atom. The summed E-state index contributed by atoms with van der Waals surface area (Å²) in [4.78, 5) is 12.8. The number of hydrogen-bond acceptors (Lipinski definition) is 4. The maximum absolute atomic E-state index is 13.4. The number of anilines is 1. The molecular formula is C10H8F2N2O3S2. The maximum Gasteiger partial charge on any atom is 0.306 e. The lowest BCUT2D eigenvalue weighted by Crippen LogP contribution is -2.14. The number of aryl methyl sites for hydroxylation is 1. The van der Waals surface area contributed by atoms with Crippen LogP contribution >= 0.6 is 11.3 Å². The van der Waals surface area contributed by atoms with Crippen LogP contribution in [0.4, 0.5) is 14.5 Å². The molecule has 0 saturated carbocycles. The van der Waals surface area contributed by atoms with Gasteiger partial charge in [0.2, 0.25) is 0 Å². The summed E-state index contributed by atoms with van der Waals surface area (Å²) in [6.07, 6.45) is 0. The van der Waals surface area contributed by atoms with Gasteiger partial charge >= 0.3 is 4.87 Å². The quantitative estimate of drug-likeness (QED) is 0.908. The van der Waals surface area contributed by atoms with Crippen LogP contribution in [-0.4, -0.2) is 13.4 Å². The van der Waals surface area contributed by atoms with Crippen LogP contribution in [0.1, 0.15) is 5.69 Å². The number of halogens is 2. The number of rotatable bonds is 3. The van der Waals surface area contributed by atoms with Crippen molar-refractivity contribution in [3.8, 4) is 0 Å². The molecule has 2 aromatic rings. The first-order chi connectivity index (χ1) is 8.81. The summed E-state index contributed by atoms with van der Waals surface area (Å²) in [7, 11) is -4.13. The van der Waals surface area contributed by atoms with Crippen LogP contribution < -0.4 is 9.60 Å². The Labute approximate surface area is 111 Å². The zero-order valence-electron chi connectivity index (χ0n) is 9.53. The molecule has 0 fully saturated rings. The molecule has 5 nitrogen and oxygen atoms in total. The van der Waals surface area contributed by atoms with Crippen molar-refractivity contribution in [3.05, 3.63) is 45.2 Å². The minimum absolute atomic E-state index is 0.138. The first-order valence-corrected chi connectivity index (χ1v) is 7.28. The van der Waals surface area contributed by atoms with Gasteiger partial charge in [0.25, 0.3) is 10.0 Å². The van der Waals surface area contributed by atoms with Crippen molar-refractivity contribution in [2.45, 2.75) is 11.1 Å². The molecule has 1 aromatic carbocycles. The SMILES string of the molecule is Cc1[nH]c(=O)sc1S(=O)(=O)Nc1cccc(F)c1F. The van der Waals surface area contributed by atoms with Gasteiger partial charge in [-0.1, -0.05) is 17.4 Å². The largest absolute Gasteiger partial charge is 0.315 e. The summed E-state index contributed by atoms with van der Waals surface area (Å²) in [6, 6.07) is 3.12. The Hall–Kier alpha value is -1.74. The summed E-state index contributed by atoms with van der Waals surface area (Å²) in [5.74, 6) is -2.47. The van der Waals surface area contributed by atoms with E-state index in [1.807, 2.05) is 4.72 Å². The van der Waals surface area contributed by atoms with Crippen LogP contribution in [0.15, 0.2) is 27.2 Å². The second kappa shape index (κ2) is 4.74. The minimum atomic E-state index is -4.13. The first kappa shape index (κ1) is 13.7. The highest BCUT2D eigenvalue weighted by Crippen LogP contribution is 2.23. The highest BCUT2D eigenvalue weighted by atomic mass is 32.2. The second-order valence-corrected chi connectivity index (χ2v) is 6.49. The summed E-state index contributed by atoms with van der Waals surface area (Å²) in [5.41, 5.74) is -0.375. The standard InChI is InChI=1S/C10H8F2N2O3S2/c1-5-9(18-10(15)13-5)19(16,17)14-7-4-2-3-6(11)8(7)12/h2-4,14H,1H3,(H,13,15). The van der Waals surface area contributed by atoms with Crippen molar-refractivity contribution in [1.82, 2.24) is 4.98 Å². The molecule has 0 bridgehead atoms. The first-order valence-electron chi connectivity index (χ1n) is 4.98. The normalized spacial score (nSPS) is 11.5. The molecule has 0 spiro atoms. The number of thiazole rings is 1. The monoisotopic (exact) mass is 306 g/mol. The van der Waals surface area contributed by atoms with Gasteiger partial charge in [0, 0.05) is 5.69 Å². The van der Waals surface area contributed by atoms with Gasteiger partial charge < -0.3 is 4.98 Å². The van der Waals surface area contributed by atoms with Crippen LogP contribution in [0, 0.1) is 18.6 Å². The van der Waals surface area contributed by atoms with E-state index in [-0.39, 0.29) is 9.90 Å². The molecule has 1 aromatic heterocycles. The van der Waals surface area contributed by atoms with E-state index in [1.54, 1.807) is 0 Å². The number of benzene rings is 1. The smallest absolute Gasteiger partial charge is 0.306 e. The van der Waals surface area contributed by atoms with E-state index in [4.69, 9.17) is 0 Å². The van der Waals surface area contributed by atoms with Gasteiger partial charge in [-0.25, -0.2) is 17.2 Å². The van der Waals surface area contributed by atoms with E-state index >= 15 is 0 Å². The number of H-pyrrole nitrogens is 1. The molecule has 0 saturated heterocycles. The molecule has 102 valence electrons. The van der Waals surface area contributed by atoms with E-state index in [2.05, 4.69) is 4.98 Å². The number of aromatic nitrogens is 1. The Morgan fingerprint density at radius 2 is 2.00 bits per heavy atom. The molecule has 0 aliphatic heterocycles. The molecule has 0 atom stereocenters. The molecule has 2 rings (SSSR count). The fraction of sp³-hybridized carbons (Fsp3) is 0.100. The molecule has 0 aliphatic rings. The molecule has 0 amide bonds. The Balaban J connectivity index is 2.45. The third-order valence-electron chi connectivity index (χ3n) is 2.22. The predicted molar refractivity (Wildman–Crippen MR) is 66.8 cm³/mol. The molecule has 0 aliphatic carbocycles. The Kier molecular flexibility index (Phi) is 3.42. The van der Waals surface area contributed by atoms with E-state index < -0.39 is 32.2 Å². The van der Waals surface area contributed by atoms with Gasteiger partial charge in [-0.3, -0.25) is 9.52 Å². The van der Waals surface area contributed by atoms with Crippen LogP contribution in [0.25, 0.3) is 0 Å². The second-order valence-electron chi connectivity index (χ2n) is 3.63. The lowest BCUT2D eigenvalue weighted by atomic mass is 10.3. The van der Waals surface area contributed by atoms with E-state index in [1.165, 1.54) is 13.0 Å². The van der Waals surface area contributed by atoms with Crippen LogP contribution in [0.3, 0.4) is 0 Å². The molecule has 1 heterocycles. The molecule has 19 heavy (non-hydrogen) atoms. The average Bonchev–Trinajstić information content (AvgIpc) is 2.65. The fourth-order valence-corrected chi connectivity index (χ4v) is 3.78. The Morgan fingerprint density at radius 3 is 2.58 bits per heavy atom. The predicted octanol–water partition coefficient (Wildman–Crippen LogP) is 1.82. The highest BCUT2D eigenvalue weighted by molar-refractivity contribution is 7.94. The van der Waals surface area contributed by atoms with Crippen LogP contribution in [-0.2, 0) is 10.0 Å². The molecular weight excluding hydrogens is 298 g/mol. The van der Waals surface area contributed by atoms with Gasteiger partial charge in [0.05, 0.1) is 5.69 Å². The third-order valence-corrected chi connectivity index (χ3v) is 5.19. The summed E-state index contributed by atoms with van der Waals surface area (Å²) in [6.45, 7) is 1.40. The van der Waals surface area contributed by atoms with Crippen molar-refractivity contribution in [1.29, 1.82) is 0 Å². The van der Waals surface area contributed by atoms with Crippen LogP contribution in [0.5, 0.6) is 0 Å². The van der Waals surface area contributed by atoms with Gasteiger partial charge in [-0.05, 0) is 19.1 Å². The molecule has 0 unspecified atom stereocenters. The van der Waals surface area contributed by atoms with E-state index in [0.29, 0.717) is 11.3 Å². The number of aromatic amines is 1. The topological polar surface area (TPSA) is 79.0 Å². The summed E-state index contributed by atoms with van der Waals surface area (Å²) >= 11 is 0.473. The number of hydrogen-bond donors (Lipinski definition) is 2.